The Morgan fingerprint density at radius 3 is 2.83 bits per heavy atom. The number of aliphatic hydroxyl groups is 1. The number of rotatable bonds is 4. The molecule has 0 aromatic heterocycles. The van der Waals surface area contributed by atoms with Gasteiger partial charge in [-0.05, 0) is 31.0 Å². The molecule has 1 aromatic rings. The van der Waals surface area contributed by atoms with Crippen LogP contribution in [-0.2, 0) is 11.2 Å². The maximum atomic E-state index is 11.8. The maximum absolute atomic E-state index is 11.8. The molecular weight excluding hydrogens is 228 g/mol. The van der Waals surface area contributed by atoms with Gasteiger partial charge in [0, 0.05) is 18.8 Å². The largest absolute Gasteiger partial charge is 0.388 e. The molecule has 18 heavy (non-hydrogen) atoms. The number of benzene rings is 1. The van der Waals surface area contributed by atoms with Crippen molar-refractivity contribution >= 4 is 11.6 Å². The molecule has 1 fully saturated rings. The highest BCUT2D eigenvalue weighted by molar-refractivity contribution is 5.92. The second-order valence-corrected chi connectivity index (χ2v) is 5.24. The minimum absolute atomic E-state index is 0.0289. The Morgan fingerprint density at radius 2 is 2.22 bits per heavy atom. The third kappa shape index (κ3) is 3.31. The average molecular weight is 248 g/mol. The summed E-state index contributed by atoms with van der Waals surface area (Å²) in [4.78, 5) is 13.7. The molecule has 0 radical (unpaired) electrons. The lowest BCUT2D eigenvalue weighted by molar-refractivity contribution is -0.125. The van der Waals surface area contributed by atoms with Gasteiger partial charge in [0.15, 0.2) is 0 Å². The third-order valence-corrected chi connectivity index (χ3v) is 3.11. The number of aryl methyl sites for hydroxylation is 1. The second kappa shape index (κ2) is 5.08. The molecular formula is C14H20N2O2. The molecule has 0 aliphatic carbocycles. The zero-order chi connectivity index (χ0) is 13.2. The summed E-state index contributed by atoms with van der Waals surface area (Å²) in [5, 5.41) is 12.5. The summed E-state index contributed by atoms with van der Waals surface area (Å²) < 4.78 is 0. The van der Waals surface area contributed by atoms with Crippen LogP contribution in [0.2, 0.25) is 0 Å². The molecule has 0 atom stereocenters. The minimum Gasteiger partial charge on any atom is -0.388 e. The molecule has 1 amide bonds. The minimum atomic E-state index is -0.623. The summed E-state index contributed by atoms with van der Waals surface area (Å²) in [6.07, 6.45) is 0.957. The molecule has 0 spiro atoms. The third-order valence-electron chi connectivity index (χ3n) is 3.11. The fourth-order valence-electron chi connectivity index (χ4n) is 2.30. The molecule has 1 aliphatic rings. The van der Waals surface area contributed by atoms with Gasteiger partial charge in [-0.25, -0.2) is 0 Å². The molecule has 1 heterocycles. The molecule has 0 unspecified atom stereocenters. The first kappa shape index (κ1) is 13.1. The van der Waals surface area contributed by atoms with Crippen molar-refractivity contribution in [1.29, 1.82) is 0 Å². The Morgan fingerprint density at radius 1 is 1.50 bits per heavy atom. The van der Waals surface area contributed by atoms with E-state index >= 15 is 0 Å². The van der Waals surface area contributed by atoms with Gasteiger partial charge in [-0.1, -0.05) is 19.1 Å². The van der Waals surface area contributed by atoms with Gasteiger partial charge in [0.2, 0.25) is 5.91 Å². The Bertz CT molecular complexity index is 435. The molecule has 1 aliphatic heterocycles. The van der Waals surface area contributed by atoms with Crippen LogP contribution in [0.4, 0.5) is 5.69 Å². The van der Waals surface area contributed by atoms with Crippen LogP contribution in [0.15, 0.2) is 24.3 Å². The molecule has 2 N–H and O–H groups in total. The first-order valence-electron chi connectivity index (χ1n) is 6.32. The topological polar surface area (TPSA) is 52.6 Å². The smallest absolute Gasteiger partial charge is 0.238 e. The lowest BCUT2D eigenvalue weighted by Gasteiger charge is -2.43. The number of hydrogen-bond donors (Lipinski definition) is 2. The van der Waals surface area contributed by atoms with E-state index < -0.39 is 5.60 Å². The summed E-state index contributed by atoms with van der Waals surface area (Å²) >= 11 is 0. The van der Waals surface area contributed by atoms with Crippen LogP contribution in [0.1, 0.15) is 19.4 Å². The summed E-state index contributed by atoms with van der Waals surface area (Å²) in [6, 6.07) is 7.87. The van der Waals surface area contributed by atoms with Crippen molar-refractivity contribution in [2.24, 2.45) is 0 Å². The van der Waals surface area contributed by atoms with Gasteiger partial charge in [0.1, 0.15) is 0 Å². The van der Waals surface area contributed by atoms with Gasteiger partial charge in [0.05, 0.1) is 12.1 Å². The number of anilines is 1. The standard InChI is InChI=1S/C14H20N2O2/c1-3-11-5-4-6-12(7-11)15-13(17)8-16-9-14(2,18)10-16/h4-7,18H,3,8-10H2,1-2H3,(H,15,17). The molecule has 4 heteroatoms. The monoisotopic (exact) mass is 248 g/mol. The van der Waals surface area contributed by atoms with Crippen molar-refractivity contribution in [2.75, 3.05) is 25.0 Å². The summed E-state index contributed by atoms with van der Waals surface area (Å²) in [6.45, 7) is 5.34. The molecule has 98 valence electrons. The highest BCUT2D eigenvalue weighted by Crippen LogP contribution is 2.19. The van der Waals surface area contributed by atoms with Crippen LogP contribution < -0.4 is 5.32 Å². The zero-order valence-corrected chi connectivity index (χ0v) is 10.9. The lowest BCUT2D eigenvalue weighted by Crippen LogP contribution is -2.61. The number of nitrogens with one attached hydrogen (secondary N) is 1. The van der Waals surface area contributed by atoms with Crippen LogP contribution in [0.25, 0.3) is 0 Å². The van der Waals surface area contributed by atoms with Crippen LogP contribution >= 0.6 is 0 Å². The number of carbonyl (C=O) groups is 1. The van der Waals surface area contributed by atoms with Crippen LogP contribution in [0, 0.1) is 0 Å². The first-order chi connectivity index (χ1) is 8.48. The zero-order valence-electron chi connectivity index (χ0n) is 10.9. The van der Waals surface area contributed by atoms with E-state index in [0.29, 0.717) is 19.6 Å². The predicted octanol–water partition coefficient (Wildman–Crippen LogP) is 1.25. The van der Waals surface area contributed by atoms with Gasteiger partial charge in [-0.2, -0.15) is 0 Å². The van der Waals surface area contributed by atoms with Crippen molar-refractivity contribution < 1.29 is 9.90 Å². The Kier molecular flexibility index (Phi) is 3.68. The molecule has 0 bridgehead atoms. The number of nitrogens with zero attached hydrogens (tertiary/aromatic N) is 1. The number of carbonyl (C=O) groups excluding carboxylic acids is 1. The van der Waals surface area contributed by atoms with Crippen LogP contribution in [0.5, 0.6) is 0 Å². The second-order valence-electron chi connectivity index (χ2n) is 5.24. The van der Waals surface area contributed by atoms with E-state index in [1.165, 1.54) is 5.56 Å². The van der Waals surface area contributed by atoms with E-state index in [0.717, 1.165) is 12.1 Å². The Labute approximate surface area is 108 Å². The maximum Gasteiger partial charge on any atom is 0.238 e. The van der Waals surface area contributed by atoms with Gasteiger partial charge >= 0.3 is 0 Å². The van der Waals surface area contributed by atoms with Crippen LogP contribution in [0.3, 0.4) is 0 Å². The van der Waals surface area contributed by atoms with Gasteiger partial charge in [0.25, 0.3) is 0 Å². The summed E-state index contributed by atoms with van der Waals surface area (Å²) in [5.41, 5.74) is 1.42. The number of β-amino-alcohol motifs (C(OH)–C–C–N with tert-alkyl or cyclic N) is 1. The highest BCUT2D eigenvalue weighted by atomic mass is 16.3. The summed E-state index contributed by atoms with van der Waals surface area (Å²) in [5.74, 6) is -0.0289. The Balaban J connectivity index is 1.84. The fraction of sp³-hybridized carbons (Fsp3) is 0.500. The summed E-state index contributed by atoms with van der Waals surface area (Å²) in [7, 11) is 0. The molecule has 0 saturated carbocycles. The Hall–Kier alpha value is -1.39. The quantitative estimate of drug-likeness (QED) is 0.843. The molecule has 2 rings (SSSR count). The van der Waals surface area contributed by atoms with Crippen molar-refractivity contribution in [1.82, 2.24) is 4.90 Å². The van der Waals surface area contributed by atoms with Crippen molar-refractivity contribution in [3.05, 3.63) is 29.8 Å². The van der Waals surface area contributed by atoms with E-state index in [-0.39, 0.29) is 5.91 Å². The normalized spacial score (nSPS) is 18.2. The van der Waals surface area contributed by atoms with Gasteiger partial charge in [-0.3, -0.25) is 9.69 Å². The van der Waals surface area contributed by atoms with Crippen molar-refractivity contribution in [2.45, 2.75) is 25.9 Å². The number of likely N-dealkylation sites (tertiary alicyclic amines) is 1. The lowest BCUT2D eigenvalue weighted by atomic mass is 9.97. The fourth-order valence-corrected chi connectivity index (χ4v) is 2.30. The average Bonchev–Trinajstić information content (AvgIpc) is 2.26. The predicted molar refractivity (Wildman–Crippen MR) is 71.5 cm³/mol. The number of amides is 1. The molecule has 1 saturated heterocycles. The first-order valence-corrected chi connectivity index (χ1v) is 6.32. The van der Waals surface area contributed by atoms with E-state index in [9.17, 15) is 9.90 Å². The molecule has 1 aromatic carbocycles. The van der Waals surface area contributed by atoms with E-state index in [4.69, 9.17) is 0 Å². The van der Waals surface area contributed by atoms with Gasteiger partial charge in [-0.15, -0.1) is 0 Å². The van der Waals surface area contributed by atoms with Crippen LogP contribution in [-0.4, -0.2) is 41.1 Å². The highest BCUT2D eigenvalue weighted by Gasteiger charge is 2.37. The number of hydrogen-bond acceptors (Lipinski definition) is 3. The van der Waals surface area contributed by atoms with E-state index in [1.54, 1.807) is 6.92 Å². The van der Waals surface area contributed by atoms with Crippen molar-refractivity contribution in [3.8, 4) is 0 Å². The van der Waals surface area contributed by atoms with E-state index in [2.05, 4.69) is 12.2 Å². The van der Waals surface area contributed by atoms with E-state index in [1.807, 2.05) is 29.2 Å². The van der Waals surface area contributed by atoms with Crippen molar-refractivity contribution in [3.63, 3.8) is 0 Å². The molecule has 4 nitrogen and oxygen atoms in total. The van der Waals surface area contributed by atoms with Gasteiger partial charge < -0.3 is 10.4 Å². The SMILES string of the molecule is CCc1cccc(NC(=O)CN2CC(C)(O)C2)c1.